The maximum absolute atomic E-state index is 12.0. The van der Waals surface area contributed by atoms with E-state index in [0.717, 1.165) is 51.5 Å². The van der Waals surface area contributed by atoms with Crippen LogP contribution in [-0.4, -0.2) is 68.9 Å². The lowest BCUT2D eigenvalue weighted by Crippen LogP contribution is -2.51. The Morgan fingerprint density at radius 2 is 2.13 bits per heavy atom. The van der Waals surface area contributed by atoms with E-state index in [2.05, 4.69) is 28.4 Å². The highest BCUT2D eigenvalue weighted by Crippen LogP contribution is 2.26. The summed E-state index contributed by atoms with van der Waals surface area (Å²) in [7, 11) is 1.63. The summed E-state index contributed by atoms with van der Waals surface area (Å²) in [5.41, 5.74) is 2.64. The van der Waals surface area contributed by atoms with Gasteiger partial charge in [0.05, 0.1) is 13.2 Å². The Hall–Kier alpha value is -1.79. The van der Waals surface area contributed by atoms with Gasteiger partial charge in [0, 0.05) is 52.8 Å². The second kappa shape index (κ2) is 7.66. The van der Waals surface area contributed by atoms with Crippen LogP contribution in [0.15, 0.2) is 18.2 Å². The lowest BCUT2D eigenvalue weighted by molar-refractivity contribution is 0.132. The van der Waals surface area contributed by atoms with E-state index < -0.39 is 0 Å². The number of urea groups is 1. The molecule has 2 aliphatic rings. The molecule has 2 aliphatic heterocycles. The van der Waals surface area contributed by atoms with Gasteiger partial charge in [0.1, 0.15) is 5.75 Å². The molecule has 126 valence electrons. The Balaban J connectivity index is 1.45. The largest absolute Gasteiger partial charge is 0.493 e. The molecule has 0 spiro atoms. The minimum absolute atomic E-state index is 0.0105. The van der Waals surface area contributed by atoms with Crippen molar-refractivity contribution >= 4 is 6.03 Å². The SMILES string of the molecule is COCCNC(=O)N1CCN(Cc2ccc3c(c2)CCO3)CC1. The average Bonchev–Trinajstić information content (AvgIpc) is 3.03. The van der Waals surface area contributed by atoms with Crippen molar-refractivity contribution in [2.75, 3.05) is 53.0 Å². The number of rotatable bonds is 5. The van der Waals surface area contributed by atoms with E-state index in [4.69, 9.17) is 9.47 Å². The number of nitrogens with one attached hydrogen (secondary N) is 1. The van der Waals surface area contributed by atoms with Crippen LogP contribution in [0.5, 0.6) is 5.75 Å². The van der Waals surface area contributed by atoms with Gasteiger partial charge in [0.2, 0.25) is 0 Å². The van der Waals surface area contributed by atoms with E-state index in [1.54, 1.807) is 7.11 Å². The van der Waals surface area contributed by atoms with Crippen molar-refractivity contribution in [2.45, 2.75) is 13.0 Å². The number of piperazine rings is 1. The molecule has 2 heterocycles. The number of fused-ring (bicyclic) bond motifs is 1. The van der Waals surface area contributed by atoms with Crippen LogP contribution in [0, 0.1) is 0 Å². The highest BCUT2D eigenvalue weighted by Gasteiger charge is 2.21. The molecule has 3 rings (SSSR count). The van der Waals surface area contributed by atoms with Gasteiger partial charge in [-0.25, -0.2) is 4.79 Å². The van der Waals surface area contributed by atoms with E-state index in [-0.39, 0.29) is 6.03 Å². The lowest BCUT2D eigenvalue weighted by atomic mass is 10.1. The van der Waals surface area contributed by atoms with Crippen molar-refractivity contribution in [2.24, 2.45) is 0 Å². The predicted octanol–water partition coefficient (Wildman–Crippen LogP) is 1.10. The quantitative estimate of drug-likeness (QED) is 0.826. The lowest BCUT2D eigenvalue weighted by Gasteiger charge is -2.34. The maximum atomic E-state index is 12.0. The summed E-state index contributed by atoms with van der Waals surface area (Å²) < 4.78 is 10.5. The molecule has 0 atom stereocenters. The van der Waals surface area contributed by atoms with Gasteiger partial charge in [-0.15, -0.1) is 0 Å². The molecular weight excluding hydrogens is 294 g/mol. The third kappa shape index (κ3) is 4.14. The molecule has 6 heteroatoms. The number of hydrogen-bond acceptors (Lipinski definition) is 4. The zero-order chi connectivity index (χ0) is 16.1. The summed E-state index contributed by atoms with van der Waals surface area (Å²) in [6.07, 6.45) is 1.01. The Morgan fingerprint density at radius 3 is 2.91 bits per heavy atom. The Bertz CT molecular complexity index is 542. The molecule has 1 aromatic carbocycles. The van der Waals surface area contributed by atoms with Crippen LogP contribution in [0.25, 0.3) is 0 Å². The van der Waals surface area contributed by atoms with Gasteiger partial charge in [-0.3, -0.25) is 4.90 Å². The fourth-order valence-electron chi connectivity index (χ4n) is 3.08. The monoisotopic (exact) mass is 319 g/mol. The standard InChI is InChI=1S/C17H25N3O3/c1-22-11-5-18-17(21)20-8-6-19(7-9-20)13-14-2-3-16-15(12-14)4-10-23-16/h2-3,12H,4-11,13H2,1H3,(H,18,21). The van der Waals surface area contributed by atoms with Gasteiger partial charge in [-0.05, 0) is 17.2 Å². The predicted molar refractivity (Wildman–Crippen MR) is 87.8 cm³/mol. The van der Waals surface area contributed by atoms with Gasteiger partial charge < -0.3 is 19.7 Å². The van der Waals surface area contributed by atoms with Gasteiger partial charge in [0.15, 0.2) is 0 Å². The molecule has 0 aromatic heterocycles. The Morgan fingerprint density at radius 1 is 1.30 bits per heavy atom. The van der Waals surface area contributed by atoms with Crippen LogP contribution in [-0.2, 0) is 17.7 Å². The number of carbonyl (C=O) groups is 1. The van der Waals surface area contributed by atoms with Crippen LogP contribution in [0.2, 0.25) is 0 Å². The Labute approximate surface area is 137 Å². The molecule has 0 bridgehead atoms. The van der Waals surface area contributed by atoms with Crippen LogP contribution in [0.4, 0.5) is 4.79 Å². The molecule has 1 fully saturated rings. The molecule has 23 heavy (non-hydrogen) atoms. The number of amides is 2. The van der Waals surface area contributed by atoms with Gasteiger partial charge >= 0.3 is 6.03 Å². The first-order chi connectivity index (χ1) is 11.3. The molecule has 0 saturated carbocycles. The van der Waals surface area contributed by atoms with Gasteiger partial charge in [-0.1, -0.05) is 12.1 Å². The number of benzene rings is 1. The molecule has 0 radical (unpaired) electrons. The van der Waals surface area contributed by atoms with Gasteiger partial charge in [0.25, 0.3) is 0 Å². The third-order valence-corrected chi connectivity index (χ3v) is 4.40. The van der Waals surface area contributed by atoms with Gasteiger partial charge in [-0.2, -0.15) is 0 Å². The number of ether oxygens (including phenoxy) is 2. The molecule has 0 aliphatic carbocycles. The zero-order valence-electron chi connectivity index (χ0n) is 13.7. The van der Waals surface area contributed by atoms with Crippen molar-refractivity contribution < 1.29 is 14.3 Å². The van der Waals surface area contributed by atoms with Crippen molar-refractivity contribution in [3.63, 3.8) is 0 Å². The van der Waals surface area contributed by atoms with Crippen LogP contribution in [0.3, 0.4) is 0 Å². The van der Waals surface area contributed by atoms with Crippen LogP contribution in [0.1, 0.15) is 11.1 Å². The number of hydrogen-bond donors (Lipinski definition) is 1. The molecule has 1 aromatic rings. The Kier molecular flexibility index (Phi) is 5.35. The van der Waals surface area contributed by atoms with E-state index >= 15 is 0 Å². The summed E-state index contributed by atoms with van der Waals surface area (Å²) >= 11 is 0. The zero-order valence-corrected chi connectivity index (χ0v) is 13.7. The molecule has 2 amide bonds. The number of methoxy groups -OCH3 is 1. The summed E-state index contributed by atoms with van der Waals surface area (Å²) in [5.74, 6) is 1.03. The molecule has 1 saturated heterocycles. The average molecular weight is 319 g/mol. The van der Waals surface area contributed by atoms with Crippen LogP contribution >= 0.6 is 0 Å². The highest BCUT2D eigenvalue weighted by atomic mass is 16.5. The number of nitrogens with zero attached hydrogens (tertiary/aromatic N) is 2. The van der Waals surface area contributed by atoms with Crippen molar-refractivity contribution in [3.05, 3.63) is 29.3 Å². The topological polar surface area (TPSA) is 54.0 Å². The van der Waals surface area contributed by atoms with E-state index in [0.29, 0.717) is 13.2 Å². The fraction of sp³-hybridized carbons (Fsp3) is 0.588. The maximum Gasteiger partial charge on any atom is 0.317 e. The summed E-state index contributed by atoms with van der Waals surface area (Å²) in [5, 5.41) is 2.88. The molecule has 1 N–H and O–H groups in total. The second-order valence-electron chi connectivity index (χ2n) is 6.03. The highest BCUT2D eigenvalue weighted by molar-refractivity contribution is 5.74. The normalized spacial score (nSPS) is 17.7. The first-order valence-corrected chi connectivity index (χ1v) is 8.25. The van der Waals surface area contributed by atoms with E-state index in [1.807, 2.05) is 4.90 Å². The smallest absolute Gasteiger partial charge is 0.317 e. The minimum Gasteiger partial charge on any atom is -0.493 e. The summed E-state index contributed by atoms with van der Waals surface area (Å²) in [6, 6.07) is 6.49. The first kappa shape index (κ1) is 16.1. The molecule has 0 unspecified atom stereocenters. The van der Waals surface area contributed by atoms with Crippen LogP contribution < -0.4 is 10.1 Å². The van der Waals surface area contributed by atoms with Crippen molar-refractivity contribution in [3.8, 4) is 5.75 Å². The third-order valence-electron chi connectivity index (χ3n) is 4.40. The minimum atomic E-state index is 0.0105. The summed E-state index contributed by atoms with van der Waals surface area (Å²) in [4.78, 5) is 16.3. The van der Waals surface area contributed by atoms with Crippen molar-refractivity contribution in [1.82, 2.24) is 15.1 Å². The molecular formula is C17H25N3O3. The first-order valence-electron chi connectivity index (χ1n) is 8.25. The fourth-order valence-corrected chi connectivity index (χ4v) is 3.08. The second-order valence-corrected chi connectivity index (χ2v) is 6.03. The summed E-state index contributed by atoms with van der Waals surface area (Å²) in [6.45, 7) is 6.21. The van der Waals surface area contributed by atoms with E-state index in [9.17, 15) is 4.79 Å². The number of carbonyl (C=O) groups excluding carboxylic acids is 1. The van der Waals surface area contributed by atoms with Crippen molar-refractivity contribution in [1.29, 1.82) is 0 Å². The molecule has 6 nitrogen and oxygen atoms in total. The van der Waals surface area contributed by atoms with E-state index in [1.165, 1.54) is 11.1 Å².